The van der Waals surface area contributed by atoms with E-state index in [0.29, 0.717) is 43.2 Å². The third-order valence-electron chi connectivity index (χ3n) is 8.67. The Balaban J connectivity index is 1.54. The number of piperazine rings is 1. The number of aryl methyl sites for hydroxylation is 1. The number of carbonyl (C=O) groups is 2. The number of rotatable bonds is 9. The normalized spacial score (nSPS) is 18.2. The van der Waals surface area contributed by atoms with E-state index in [2.05, 4.69) is 10.2 Å². The maximum absolute atomic E-state index is 13.5. The number of nitrogens with zero attached hydrogens (tertiary/aromatic N) is 3. The van der Waals surface area contributed by atoms with Gasteiger partial charge in [0.05, 0.1) is 31.8 Å². The van der Waals surface area contributed by atoms with Crippen LogP contribution in [0.1, 0.15) is 73.1 Å². The molecule has 9 nitrogen and oxygen atoms in total. The topological polar surface area (TPSA) is 85.3 Å². The molecule has 3 aromatic rings. The first-order valence-corrected chi connectivity index (χ1v) is 15.5. The lowest BCUT2D eigenvalue weighted by atomic mass is 9.92. The smallest absolute Gasteiger partial charge is 0.419 e. The van der Waals surface area contributed by atoms with Crippen molar-refractivity contribution in [2.75, 3.05) is 45.7 Å². The predicted molar refractivity (Wildman–Crippen MR) is 169 cm³/mol. The monoisotopic (exact) mass is 626 g/mol. The summed E-state index contributed by atoms with van der Waals surface area (Å²) in [5, 5.41) is 4.37. The molecule has 2 fully saturated rings. The van der Waals surface area contributed by atoms with Crippen molar-refractivity contribution in [3.8, 4) is 5.75 Å². The van der Waals surface area contributed by atoms with E-state index in [1.165, 1.54) is 11.7 Å². The Morgan fingerprint density at radius 3 is 2.47 bits per heavy atom. The molecule has 0 amide bonds. The van der Waals surface area contributed by atoms with Gasteiger partial charge in [0, 0.05) is 61.1 Å². The van der Waals surface area contributed by atoms with Crippen molar-refractivity contribution < 1.29 is 32.6 Å². The largest absolute Gasteiger partial charge is 0.496 e. The number of halogens is 2. The molecule has 1 N–H and O–H groups in total. The van der Waals surface area contributed by atoms with Gasteiger partial charge in [-0.2, -0.15) is 0 Å². The first-order valence-electron chi connectivity index (χ1n) is 15.5. The Hall–Kier alpha value is -3.70. The standard InChI is InChI=1S/C34H44F2N4O5/c1-21-16-29(43-5)26(24-12-13-40(31(21)24)33(42)45-34(2,3)4)18-39-15-14-38(20-30(35)36)19-28(39)22-10-11-25(32(41)44-6)27(17-22)37-23-8-7-9-23/h10-13,16-17,23,28,30,37H,7-9,14-15,18-20H2,1-6H3/t28-/m1/s1. The van der Waals surface area contributed by atoms with Crippen molar-refractivity contribution in [2.45, 2.75) is 77.6 Å². The third kappa shape index (κ3) is 7.25. The molecule has 1 saturated heterocycles. The molecule has 11 heteroatoms. The molecule has 2 aromatic carbocycles. The molecule has 0 radical (unpaired) electrons. The number of carbonyl (C=O) groups excluding carboxylic acids is 2. The lowest BCUT2D eigenvalue weighted by Gasteiger charge is -2.42. The molecule has 45 heavy (non-hydrogen) atoms. The Bertz CT molecular complexity index is 1550. The van der Waals surface area contributed by atoms with Crippen LogP contribution in [0.4, 0.5) is 19.3 Å². The number of aromatic nitrogens is 1. The molecule has 1 aliphatic carbocycles. The highest BCUT2D eigenvalue weighted by Gasteiger charge is 2.32. The number of nitrogens with one attached hydrogen (secondary N) is 1. The van der Waals surface area contributed by atoms with Crippen molar-refractivity contribution in [3.63, 3.8) is 0 Å². The summed E-state index contributed by atoms with van der Waals surface area (Å²) < 4.78 is 45.2. The number of benzene rings is 2. The fourth-order valence-electron chi connectivity index (χ4n) is 6.27. The van der Waals surface area contributed by atoms with Crippen LogP contribution in [0.25, 0.3) is 10.9 Å². The molecule has 2 heterocycles. The predicted octanol–water partition coefficient (Wildman–Crippen LogP) is 6.62. The molecule has 1 saturated carbocycles. The lowest BCUT2D eigenvalue weighted by molar-refractivity contribution is 0.0245. The van der Waals surface area contributed by atoms with Gasteiger partial charge in [0.15, 0.2) is 0 Å². The number of methoxy groups -OCH3 is 2. The molecule has 1 aliphatic heterocycles. The quantitative estimate of drug-likeness (QED) is 0.266. The minimum Gasteiger partial charge on any atom is -0.496 e. The maximum atomic E-state index is 13.5. The second-order valence-corrected chi connectivity index (χ2v) is 13.0. The Morgan fingerprint density at radius 1 is 1.09 bits per heavy atom. The minimum atomic E-state index is -2.45. The molecular weight excluding hydrogens is 582 g/mol. The second-order valence-electron chi connectivity index (χ2n) is 13.0. The second kappa shape index (κ2) is 13.3. The van der Waals surface area contributed by atoms with Gasteiger partial charge in [0.1, 0.15) is 11.4 Å². The van der Waals surface area contributed by atoms with Gasteiger partial charge in [-0.25, -0.2) is 18.4 Å². The number of alkyl halides is 2. The van der Waals surface area contributed by atoms with Crippen LogP contribution < -0.4 is 10.1 Å². The first kappa shape index (κ1) is 32.7. The zero-order valence-corrected chi connectivity index (χ0v) is 27.0. The van der Waals surface area contributed by atoms with Crippen LogP contribution in [0.5, 0.6) is 5.75 Å². The highest BCUT2D eigenvalue weighted by atomic mass is 19.3. The summed E-state index contributed by atoms with van der Waals surface area (Å²) in [5.74, 6) is 0.258. The average Bonchev–Trinajstić information content (AvgIpc) is 3.41. The molecular formula is C34H44F2N4O5. The van der Waals surface area contributed by atoms with Crippen LogP contribution in [0.2, 0.25) is 0 Å². The van der Waals surface area contributed by atoms with E-state index < -0.39 is 24.1 Å². The number of anilines is 1. The third-order valence-corrected chi connectivity index (χ3v) is 8.67. The maximum Gasteiger partial charge on any atom is 0.419 e. The molecule has 1 atom stereocenters. The van der Waals surface area contributed by atoms with Crippen LogP contribution in [0.3, 0.4) is 0 Å². The summed E-state index contributed by atoms with van der Waals surface area (Å²) in [5.41, 5.74) is 3.90. The zero-order valence-electron chi connectivity index (χ0n) is 27.0. The van der Waals surface area contributed by atoms with Gasteiger partial charge in [-0.05, 0) is 82.3 Å². The van der Waals surface area contributed by atoms with Gasteiger partial charge in [-0.3, -0.25) is 14.4 Å². The molecule has 5 rings (SSSR count). The van der Waals surface area contributed by atoms with Crippen LogP contribution in [0, 0.1) is 6.92 Å². The van der Waals surface area contributed by atoms with Crippen molar-refractivity contribution in [1.82, 2.24) is 14.4 Å². The summed E-state index contributed by atoms with van der Waals surface area (Å²) in [6, 6.07) is 9.47. The van der Waals surface area contributed by atoms with Gasteiger partial charge in [0.25, 0.3) is 6.43 Å². The summed E-state index contributed by atoms with van der Waals surface area (Å²) in [6.07, 6.45) is 1.98. The first-order chi connectivity index (χ1) is 21.4. The van der Waals surface area contributed by atoms with Gasteiger partial charge < -0.3 is 19.5 Å². The molecule has 0 unspecified atom stereocenters. The summed E-state index contributed by atoms with van der Waals surface area (Å²) in [4.78, 5) is 29.8. The van der Waals surface area contributed by atoms with E-state index in [9.17, 15) is 18.4 Å². The van der Waals surface area contributed by atoms with Crippen LogP contribution in [-0.4, -0.2) is 84.9 Å². The number of hydrogen-bond acceptors (Lipinski definition) is 8. The van der Waals surface area contributed by atoms with E-state index in [1.807, 2.05) is 52.0 Å². The van der Waals surface area contributed by atoms with E-state index in [1.54, 1.807) is 24.3 Å². The number of esters is 1. The van der Waals surface area contributed by atoms with E-state index in [-0.39, 0.29) is 18.6 Å². The SMILES string of the molecule is COC(=O)c1ccc([C@H]2CN(CC(F)F)CCN2Cc2c(OC)cc(C)c3c2ccn3C(=O)OC(C)(C)C)cc1NC1CCC1. The highest BCUT2D eigenvalue weighted by molar-refractivity contribution is 5.96. The summed E-state index contributed by atoms with van der Waals surface area (Å²) in [7, 11) is 2.98. The van der Waals surface area contributed by atoms with Crippen LogP contribution >= 0.6 is 0 Å². The van der Waals surface area contributed by atoms with E-state index >= 15 is 0 Å². The minimum absolute atomic E-state index is 0.250. The number of fused-ring (bicyclic) bond motifs is 1. The fraction of sp³-hybridized carbons (Fsp3) is 0.529. The molecule has 244 valence electrons. The lowest BCUT2D eigenvalue weighted by Crippen LogP contribution is -2.49. The Kier molecular flexibility index (Phi) is 9.69. The van der Waals surface area contributed by atoms with E-state index in [0.717, 1.165) is 46.9 Å². The van der Waals surface area contributed by atoms with Gasteiger partial charge >= 0.3 is 12.1 Å². The average molecular weight is 627 g/mol. The molecule has 0 bridgehead atoms. The van der Waals surface area contributed by atoms with Gasteiger partial charge in [-0.15, -0.1) is 0 Å². The van der Waals surface area contributed by atoms with Crippen molar-refractivity contribution in [3.05, 3.63) is 58.8 Å². The van der Waals surface area contributed by atoms with Crippen LogP contribution in [-0.2, 0) is 16.0 Å². The Labute approximate surface area is 263 Å². The van der Waals surface area contributed by atoms with Crippen molar-refractivity contribution >= 4 is 28.7 Å². The van der Waals surface area contributed by atoms with Crippen molar-refractivity contribution in [1.29, 1.82) is 0 Å². The van der Waals surface area contributed by atoms with E-state index in [4.69, 9.17) is 14.2 Å². The number of ether oxygens (including phenoxy) is 3. The zero-order chi connectivity index (χ0) is 32.5. The van der Waals surface area contributed by atoms with Gasteiger partial charge in [-0.1, -0.05) is 6.07 Å². The summed E-state index contributed by atoms with van der Waals surface area (Å²) in [6.45, 7) is 8.97. The van der Waals surface area contributed by atoms with Crippen LogP contribution in [0.15, 0.2) is 36.5 Å². The molecule has 2 aliphatic rings. The number of hydrogen-bond donors (Lipinski definition) is 1. The molecule has 1 aromatic heterocycles. The Morgan fingerprint density at radius 2 is 1.84 bits per heavy atom. The fourth-order valence-corrected chi connectivity index (χ4v) is 6.27. The molecule has 0 spiro atoms. The van der Waals surface area contributed by atoms with Crippen molar-refractivity contribution in [2.24, 2.45) is 0 Å². The summed E-state index contributed by atoms with van der Waals surface area (Å²) >= 11 is 0. The highest BCUT2D eigenvalue weighted by Crippen LogP contribution is 2.37. The van der Waals surface area contributed by atoms with Gasteiger partial charge in [0.2, 0.25) is 0 Å².